The normalized spacial score (nSPS) is 42.7. The second-order valence-electron chi connectivity index (χ2n) is 11.0. The van der Waals surface area contributed by atoms with Crippen LogP contribution in [0.5, 0.6) is 0 Å². The van der Waals surface area contributed by atoms with Gasteiger partial charge in [-0.25, -0.2) is 0 Å². The van der Waals surface area contributed by atoms with Crippen molar-refractivity contribution in [3.05, 3.63) is 59.2 Å². The number of carbonyl (C=O) groups is 1. The largest absolute Gasteiger partial charge is 0.385 e. The van der Waals surface area contributed by atoms with E-state index in [1.807, 2.05) is 13.0 Å². The third kappa shape index (κ3) is 2.75. The van der Waals surface area contributed by atoms with Crippen LogP contribution in [0.1, 0.15) is 75.8 Å². The standard InChI is InChI=1S/C28H36O2/c1-17(2)28(30)14-13-25-23-11-9-20-15-21(29)10-12-22(20)26(23)24(16-27(25,28)4)19-7-5-18(3)6-8-19/h5-8,15,22-26,30H,1,9-14,16H2,2-4H3/t22-,23-,24+,25-,26+,27-,28+/m0/s1. The van der Waals surface area contributed by atoms with Gasteiger partial charge in [-0.2, -0.15) is 0 Å². The molecule has 30 heavy (non-hydrogen) atoms. The van der Waals surface area contributed by atoms with Gasteiger partial charge in [0.2, 0.25) is 0 Å². The lowest BCUT2D eigenvalue weighted by molar-refractivity contribution is -0.118. The van der Waals surface area contributed by atoms with Crippen LogP contribution in [0.4, 0.5) is 0 Å². The molecule has 3 saturated carbocycles. The summed E-state index contributed by atoms with van der Waals surface area (Å²) in [6.45, 7) is 10.8. The monoisotopic (exact) mass is 404 g/mol. The Morgan fingerprint density at radius 2 is 1.83 bits per heavy atom. The fourth-order valence-electron chi connectivity index (χ4n) is 8.17. The number of hydrogen-bond donors (Lipinski definition) is 1. The highest BCUT2D eigenvalue weighted by atomic mass is 16.3. The average molecular weight is 405 g/mol. The van der Waals surface area contributed by atoms with Crippen molar-refractivity contribution in [3.63, 3.8) is 0 Å². The lowest BCUT2D eigenvalue weighted by atomic mass is 9.46. The molecule has 0 aliphatic heterocycles. The third-order valence-corrected chi connectivity index (χ3v) is 9.67. The fourth-order valence-corrected chi connectivity index (χ4v) is 8.17. The van der Waals surface area contributed by atoms with Crippen LogP contribution < -0.4 is 0 Å². The molecule has 0 radical (unpaired) electrons. The topological polar surface area (TPSA) is 37.3 Å². The number of hydrogen-bond acceptors (Lipinski definition) is 2. The number of carbonyl (C=O) groups excluding carboxylic acids is 1. The van der Waals surface area contributed by atoms with Gasteiger partial charge in [0.15, 0.2) is 5.78 Å². The maximum Gasteiger partial charge on any atom is 0.155 e. The predicted molar refractivity (Wildman–Crippen MR) is 121 cm³/mol. The first-order chi connectivity index (χ1) is 14.2. The molecule has 160 valence electrons. The Morgan fingerprint density at radius 3 is 2.53 bits per heavy atom. The van der Waals surface area contributed by atoms with E-state index in [0.717, 1.165) is 44.1 Å². The molecule has 1 aromatic carbocycles. The Hall–Kier alpha value is -1.67. The van der Waals surface area contributed by atoms with Gasteiger partial charge in [0.25, 0.3) is 0 Å². The zero-order valence-corrected chi connectivity index (χ0v) is 18.8. The molecule has 3 fully saturated rings. The van der Waals surface area contributed by atoms with Crippen LogP contribution in [0, 0.1) is 36.0 Å². The van der Waals surface area contributed by atoms with Crippen LogP contribution in [0.2, 0.25) is 0 Å². The molecule has 0 spiro atoms. The first kappa shape index (κ1) is 20.2. The maximum absolute atomic E-state index is 12.1. The van der Waals surface area contributed by atoms with Crippen LogP contribution in [0.15, 0.2) is 48.1 Å². The minimum Gasteiger partial charge on any atom is -0.385 e. The third-order valence-electron chi connectivity index (χ3n) is 9.67. The minimum atomic E-state index is -0.760. The van der Waals surface area contributed by atoms with E-state index in [1.54, 1.807) is 0 Å². The molecule has 4 aliphatic rings. The minimum absolute atomic E-state index is 0.124. The summed E-state index contributed by atoms with van der Waals surface area (Å²) in [4.78, 5) is 12.1. The van der Waals surface area contributed by atoms with Crippen molar-refractivity contribution < 1.29 is 9.90 Å². The predicted octanol–water partition coefficient (Wildman–Crippen LogP) is 6.14. The summed E-state index contributed by atoms with van der Waals surface area (Å²) in [5.74, 6) is 3.05. The van der Waals surface area contributed by atoms with Crippen LogP contribution >= 0.6 is 0 Å². The van der Waals surface area contributed by atoms with Crippen molar-refractivity contribution in [2.45, 2.75) is 77.2 Å². The molecule has 0 bridgehead atoms. The van der Waals surface area contributed by atoms with Gasteiger partial charge in [-0.1, -0.05) is 48.9 Å². The van der Waals surface area contributed by atoms with Crippen molar-refractivity contribution in [2.24, 2.45) is 29.1 Å². The summed E-state index contributed by atoms with van der Waals surface area (Å²) in [5.41, 5.74) is 4.19. The highest BCUT2D eigenvalue weighted by Gasteiger charge is 2.64. The number of rotatable bonds is 2. The lowest BCUT2D eigenvalue weighted by Gasteiger charge is -2.59. The smallest absolute Gasteiger partial charge is 0.155 e. The molecule has 0 saturated heterocycles. The summed E-state index contributed by atoms with van der Waals surface area (Å²) in [6, 6.07) is 9.12. The first-order valence-corrected chi connectivity index (χ1v) is 11.9. The highest BCUT2D eigenvalue weighted by Crippen LogP contribution is 2.69. The lowest BCUT2D eigenvalue weighted by Crippen LogP contribution is -2.55. The molecule has 2 heteroatoms. The van der Waals surface area contributed by atoms with Crippen molar-refractivity contribution in [1.82, 2.24) is 0 Å². The van der Waals surface area contributed by atoms with Gasteiger partial charge < -0.3 is 5.11 Å². The van der Waals surface area contributed by atoms with Gasteiger partial charge in [0.05, 0.1) is 5.60 Å². The molecular weight excluding hydrogens is 368 g/mol. The van der Waals surface area contributed by atoms with Crippen LogP contribution in [-0.2, 0) is 4.79 Å². The van der Waals surface area contributed by atoms with Crippen molar-refractivity contribution in [1.29, 1.82) is 0 Å². The van der Waals surface area contributed by atoms with Gasteiger partial charge in [-0.15, -0.1) is 0 Å². The SMILES string of the molecule is C=C(C)[C@]1(O)CC[C@H]2[C@@H]3CCC4=CC(=O)CC[C@@H]4[C@H]3[C@@H](c3ccc(C)cc3)C[C@@]21C. The second-order valence-corrected chi connectivity index (χ2v) is 11.0. The summed E-state index contributed by atoms with van der Waals surface area (Å²) in [5, 5.41) is 11.8. The van der Waals surface area contributed by atoms with E-state index >= 15 is 0 Å². The molecule has 0 amide bonds. The molecule has 2 nitrogen and oxygen atoms in total. The van der Waals surface area contributed by atoms with E-state index in [1.165, 1.54) is 16.7 Å². The van der Waals surface area contributed by atoms with E-state index in [4.69, 9.17) is 0 Å². The Bertz CT molecular complexity index is 909. The molecule has 4 aliphatic carbocycles. The van der Waals surface area contributed by atoms with Crippen molar-refractivity contribution in [3.8, 4) is 0 Å². The number of fused-ring (bicyclic) bond motifs is 5. The molecule has 1 aromatic rings. The maximum atomic E-state index is 12.1. The van der Waals surface area contributed by atoms with Gasteiger partial charge in [0, 0.05) is 11.8 Å². The Balaban J connectivity index is 1.62. The molecule has 0 aromatic heterocycles. The number of aryl methyl sites for hydroxylation is 1. The van der Waals surface area contributed by atoms with E-state index in [2.05, 4.69) is 44.7 Å². The Kier molecular flexibility index (Phi) is 4.67. The quantitative estimate of drug-likeness (QED) is 0.601. The Morgan fingerprint density at radius 1 is 1.10 bits per heavy atom. The summed E-state index contributed by atoms with van der Waals surface area (Å²) >= 11 is 0. The number of allylic oxidation sites excluding steroid dienone is 1. The zero-order valence-electron chi connectivity index (χ0n) is 18.8. The van der Waals surface area contributed by atoms with Crippen molar-refractivity contribution in [2.75, 3.05) is 0 Å². The van der Waals surface area contributed by atoms with Gasteiger partial charge in [-0.3, -0.25) is 4.79 Å². The summed E-state index contributed by atoms with van der Waals surface area (Å²) < 4.78 is 0. The molecule has 1 N–H and O–H groups in total. The van der Waals surface area contributed by atoms with Crippen molar-refractivity contribution >= 4 is 5.78 Å². The van der Waals surface area contributed by atoms with E-state index < -0.39 is 5.60 Å². The van der Waals surface area contributed by atoms with Gasteiger partial charge >= 0.3 is 0 Å². The van der Waals surface area contributed by atoms with Gasteiger partial charge in [0.1, 0.15) is 0 Å². The first-order valence-electron chi connectivity index (χ1n) is 11.9. The second kappa shape index (κ2) is 6.92. The van der Waals surface area contributed by atoms with E-state index in [0.29, 0.717) is 41.8 Å². The molecular formula is C28H36O2. The van der Waals surface area contributed by atoms with Crippen LogP contribution in [-0.4, -0.2) is 16.5 Å². The summed E-state index contributed by atoms with van der Waals surface area (Å²) in [6.07, 6.45) is 8.90. The molecule has 7 atom stereocenters. The van der Waals surface area contributed by atoms with E-state index in [-0.39, 0.29) is 5.41 Å². The molecule has 0 unspecified atom stereocenters. The van der Waals surface area contributed by atoms with Crippen LogP contribution in [0.25, 0.3) is 0 Å². The number of benzene rings is 1. The number of aliphatic hydroxyl groups is 1. The highest BCUT2D eigenvalue weighted by molar-refractivity contribution is 5.91. The zero-order chi connectivity index (χ0) is 21.3. The van der Waals surface area contributed by atoms with E-state index in [9.17, 15) is 9.90 Å². The van der Waals surface area contributed by atoms with Crippen LogP contribution in [0.3, 0.4) is 0 Å². The Labute approximate surface area is 181 Å². The molecule has 5 rings (SSSR count). The number of ketones is 1. The van der Waals surface area contributed by atoms with Gasteiger partial charge in [-0.05, 0) is 99.2 Å². The summed E-state index contributed by atoms with van der Waals surface area (Å²) in [7, 11) is 0. The molecule has 0 heterocycles. The fraction of sp³-hybridized carbons (Fsp3) is 0.607. The average Bonchev–Trinajstić information content (AvgIpc) is 2.99.